The van der Waals surface area contributed by atoms with E-state index in [0.29, 0.717) is 18.0 Å². The van der Waals surface area contributed by atoms with Crippen molar-refractivity contribution in [2.75, 3.05) is 20.1 Å². The second-order valence-electron chi connectivity index (χ2n) is 5.15. The lowest BCUT2D eigenvalue weighted by atomic mass is 9.88. The second-order valence-corrected chi connectivity index (χ2v) is 5.15. The van der Waals surface area contributed by atoms with Crippen LogP contribution in [-0.2, 0) is 11.3 Å². The van der Waals surface area contributed by atoms with E-state index in [4.69, 9.17) is 0 Å². The Kier molecular flexibility index (Phi) is 4.14. The molecular weight excluding hydrogens is 250 g/mol. The van der Waals surface area contributed by atoms with Gasteiger partial charge in [-0.15, -0.1) is 0 Å². The predicted molar refractivity (Wildman–Crippen MR) is 68.4 cm³/mol. The van der Waals surface area contributed by atoms with Crippen molar-refractivity contribution in [3.63, 3.8) is 0 Å². The molecule has 1 N–H and O–H groups in total. The zero-order valence-electron chi connectivity index (χ0n) is 11.1. The van der Waals surface area contributed by atoms with Crippen LogP contribution in [0.3, 0.4) is 0 Å². The number of halogens is 2. The van der Waals surface area contributed by atoms with Gasteiger partial charge in [0.15, 0.2) is 11.6 Å². The van der Waals surface area contributed by atoms with E-state index in [1.165, 1.54) is 6.07 Å². The molecule has 1 aromatic rings. The fourth-order valence-corrected chi connectivity index (χ4v) is 2.20. The third kappa shape index (κ3) is 3.10. The minimum atomic E-state index is -0.880. The summed E-state index contributed by atoms with van der Waals surface area (Å²) in [5, 5.41) is 3.14. The summed E-state index contributed by atoms with van der Waals surface area (Å²) < 4.78 is 25.9. The molecule has 5 heteroatoms. The molecule has 1 aliphatic rings. The maximum Gasteiger partial charge on any atom is 0.225 e. The van der Waals surface area contributed by atoms with Gasteiger partial charge in [-0.05, 0) is 36.7 Å². The Morgan fingerprint density at radius 3 is 2.63 bits per heavy atom. The summed E-state index contributed by atoms with van der Waals surface area (Å²) in [7, 11) is 1.69. The van der Waals surface area contributed by atoms with Crippen molar-refractivity contribution in [2.24, 2.45) is 11.8 Å². The standard InChI is InChI=1S/C14H18F2N2O/c1-9(11-6-17-7-11)14(19)18(2)8-10-3-4-12(15)13(16)5-10/h3-5,9,11,17H,6-8H2,1-2H3. The van der Waals surface area contributed by atoms with Gasteiger partial charge in [-0.2, -0.15) is 0 Å². The smallest absolute Gasteiger partial charge is 0.225 e. The minimum absolute atomic E-state index is 0.0382. The molecular formula is C14H18F2N2O. The van der Waals surface area contributed by atoms with E-state index in [1.54, 1.807) is 11.9 Å². The van der Waals surface area contributed by atoms with Gasteiger partial charge in [-0.25, -0.2) is 8.78 Å². The molecule has 1 aromatic carbocycles. The van der Waals surface area contributed by atoms with Crippen LogP contribution < -0.4 is 5.32 Å². The highest BCUT2D eigenvalue weighted by Crippen LogP contribution is 2.19. The summed E-state index contributed by atoms with van der Waals surface area (Å²) in [5.41, 5.74) is 0.591. The fourth-order valence-electron chi connectivity index (χ4n) is 2.20. The van der Waals surface area contributed by atoms with Crippen LogP contribution in [0.1, 0.15) is 12.5 Å². The van der Waals surface area contributed by atoms with Crippen molar-refractivity contribution >= 4 is 5.91 Å². The summed E-state index contributed by atoms with van der Waals surface area (Å²) in [6.07, 6.45) is 0. The SMILES string of the molecule is CC(C(=O)N(C)Cc1ccc(F)c(F)c1)C1CNC1. The highest BCUT2D eigenvalue weighted by Gasteiger charge is 2.30. The third-order valence-corrected chi connectivity index (χ3v) is 3.69. The summed E-state index contributed by atoms with van der Waals surface area (Å²) in [5.74, 6) is -1.38. The number of nitrogens with one attached hydrogen (secondary N) is 1. The average Bonchev–Trinajstić information content (AvgIpc) is 2.30. The van der Waals surface area contributed by atoms with E-state index in [2.05, 4.69) is 5.32 Å². The molecule has 19 heavy (non-hydrogen) atoms. The molecule has 0 aliphatic carbocycles. The summed E-state index contributed by atoms with van der Waals surface area (Å²) in [6, 6.07) is 3.72. The minimum Gasteiger partial charge on any atom is -0.341 e. The van der Waals surface area contributed by atoms with Crippen LogP contribution >= 0.6 is 0 Å². The molecule has 0 aromatic heterocycles. The van der Waals surface area contributed by atoms with Crippen molar-refractivity contribution in [2.45, 2.75) is 13.5 Å². The molecule has 1 unspecified atom stereocenters. The Balaban J connectivity index is 1.97. The highest BCUT2D eigenvalue weighted by atomic mass is 19.2. The molecule has 1 heterocycles. The number of carbonyl (C=O) groups is 1. The Bertz CT molecular complexity index is 475. The Morgan fingerprint density at radius 1 is 1.42 bits per heavy atom. The molecule has 0 saturated carbocycles. The van der Waals surface area contributed by atoms with Gasteiger partial charge < -0.3 is 10.2 Å². The molecule has 0 spiro atoms. The highest BCUT2D eigenvalue weighted by molar-refractivity contribution is 5.78. The molecule has 3 nitrogen and oxygen atoms in total. The van der Waals surface area contributed by atoms with E-state index in [-0.39, 0.29) is 11.8 Å². The van der Waals surface area contributed by atoms with Crippen LogP contribution in [0.15, 0.2) is 18.2 Å². The van der Waals surface area contributed by atoms with Crippen LogP contribution in [0.5, 0.6) is 0 Å². The summed E-state index contributed by atoms with van der Waals surface area (Å²) in [4.78, 5) is 13.7. The molecule has 0 radical (unpaired) electrons. The third-order valence-electron chi connectivity index (χ3n) is 3.69. The fraction of sp³-hybridized carbons (Fsp3) is 0.500. The quantitative estimate of drug-likeness (QED) is 0.902. The molecule has 2 rings (SSSR count). The van der Waals surface area contributed by atoms with Gasteiger partial charge in [0.05, 0.1) is 0 Å². The lowest BCUT2D eigenvalue weighted by molar-refractivity contribution is -0.136. The van der Waals surface area contributed by atoms with Gasteiger partial charge in [0.1, 0.15) is 0 Å². The van der Waals surface area contributed by atoms with Gasteiger partial charge in [0.25, 0.3) is 0 Å². The van der Waals surface area contributed by atoms with Gasteiger partial charge >= 0.3 is 0 Å². The maximum absolute atomic E-state index is 13.1. The number of hydrogen-bond acceptors (Lipinski definition) is 2. The molecule has 1 aliphatic heterocycles. The molecule has 1 amide bonds. The van der Waals surface area contributed by atoms with E-state index < -0.39 is 11.6 Å². The van der Waals surface area contributed by atoms with Gasteiger partial charge in [0.2, 0.25) is 5.91 Å². The zero-order chi connectivity index (χ0) is 14.0. The zero-order valence-corrected chi connectivity index (χ0v) is 11.1. The number of benzene rings is 1. The number of rotatable bonds is 4. The van der Waals surface area contributed by atoms with Crippen molar-refractivity contribution in [3.05, 3.63) is 35.4 Å². The van der Waals surface area contributed by atoms with Crippen LogP contribution in [0, 0.1) is 23.5 Å². The van der Waals surface area contributed by atoms with Crippen LogP contribution in [0.4, 0.5) is 8.78 Å². The maximum atomic E-state index is 13.1. The first-order valence-corrected chi connectivity index (χ1v) is 6.38. The number of amides is 1. The first kappa shape index (κ1) is 13.9. The summed E-state index contributed by atoms with van der Waals surface area (Å²) >= 11 is 0. The second kappa shape index (κ2) is 5.65. The lowest BCUT2D eigenvalue weighted by Gasteiger charge is -2.34. The molecule has 104 valence electrons. The molecule has 1 atom stereocenters. The van der Waals surface area contributed by atoms with E-state index in [1.807, 2.05) is 6.92 Å². The molecule has 0 bridgehead atoms. The van der Waals surface area contributed by atoms with E-state index >= 15 is 0 Å². The number of nitrogens with zero attached hydrogens (tertiary/aromatic N) is 1. The van der Waals surface area contributed by atoms with Crippen LogP contribution in [-0.4, -0.2) is 30.9 Å². The summed E-state index contributed by atoms with van der Waals surface area (Å²) in [6.45, 7) is 3.94. The van der Waals surface area contributed by atoms with Crippen molar-refractivity contribution < 1.29 is 13.6 Å². The van der Waals surface area contributed by atoms with Crippen LogP contribution in [0.2, 0.25) is 0 Å². The predicted octanol–water partition coefficient (Wildman–Crippen LogP) is 1.78. The molecule has 1 saturated heterocycles. The van der Waals surface area contributed by atoms with Gasteiger partial charge in [-0.3, -0.25) is 4.79 Å². The largest absolute Gasteiger partial charge is 0.341 e. The van der Waals surface area contributed by atoms with Gasteiger partial charge in [0, 0.05) is 19.5 Å². The first-order chi connectivity index (χ1) is 8.99. The van der Waals surface area contributed by atoms with E-state index in [9.17, 15) is 13.6 Å². The van der Waals surface area contributed by atoms with Crippen molar-refractivity contribution in [1.29, 1.82) is 0 Å². The number of carbonyl (C=O) groups excluding carboxylic acids is 1. The van der Waals surface area contributed by atoms with Crippen LogP contribution in [0.25, 0.3) is 0 Å². The monoisotopic (exact) mass is 268 g/mol. The van der Waals surface area contributed by atoms with Crippen molar-refractivity contribution in [3.8, 4) is 0 Å². The Morgan fingerprint density at radius 2 is 2.11 bits per heavy atom. The lowest BCUT2D eigenvalue weighted by Crippen LogP contribution is -2.49. The Hall–Kier alpha value is -1.49. The first-order valence-electron chi connectivity index (χ1n) is 6.38. The Labute approximate surface area is 111 Å². The molecule has 1 fully saturated rings. The average molecular weight is 268 g/mol. The topological polar surface area (TPSA) is 32.3 Å². The normalized spacial score (nSPS) is 16.8. The number of hydrogen-bond donors (Lipinski definition) is 1. The van der Waals surface area contributed by atoms with Crippen molar-refractivity contribution in [1.82, 2.24) is 10.2 Å². The van der Waals surface area contributed by atoms with E-state index in [0.717, 1.165) is 25.2 Å². The van der Waals surface area contributed by atoms with Gasteiger partial charge in [-0.1, -0.05) is 13.0 Å².